The summed E-state index contributed by atoms with van der Waals surface area (Å²) >= 11 is 5.39. The molecule has 3 aromatic carbocycles. The Kier molecular flexibility index (Phi) is 4.78. The summed E-state index contributed by atoms with van der Waals surface area (Å²) in [5.74, 6) is 0.853. The second-order valence-electron chi connectivity index (χ2n) is 9.47. The molecule has 1 amide bonds. The summed E-state index contributed by atoms with van der Waals surface area (Å²) in [7, 11) is 0. The summed E-state index contributed by atoms with van der Waals surface area (Å²) in [4.78, 5) is 34.3. The van der Waals surface area contributed by atoms with Gasteiger partial charge >= 0.3 is 0 Å². The van der Waals surface area contributed by atoms with Crippen molar-refractivity contribution in [2.24, 2.45) is 5.92 Å². The molecule has 0 radical (unpaired) electrons. The Bertz CT molecular complexity index is 1500. The Hall–Kier alpha value is -2.87. The summed E-state index contributed by atoms with van der Waals surface area (Å²) in [6.45, 7) is 0. The molecule has 3 aliphatic rings. The summed E-state index contributed by atoms with van der Waals surface area (Å²) < 4.78 is 0.995. The van der Waals surface area contributed by atoms with Gasteiger partial charge in [0, 0.05) is 62.0 Å². The number of halogens is 1. The van der Waals surface area contributed by atoms with Crippen molar-refractivity contribution in [1.29, 1.82) is 0 Å². The summed E-state index contributed by atoms with van der Waals surface area (Å²) in [5, 5.41) is 4.03. The number of nitrogens with one attached hydrogen (secondary N) is 2. The highest BCUT2D eigenvalue weighted by molar-refractivity contribution is 9.10. The van der Waals surface area contributed by atoms with E-state index in [1.54, 1.807) is 0 Å². The van der Waals surface area contributed by atoms with Crippen LogP contribution >= 0.6 is 27.7 Å². The fourth-order valence-electron chi connectivity index (χ4n) is 6.53. The monoisotopic (exact) mass is 543 g/mol. The van der Waals surface area contributed by atoms with E-state index in [9.17, 15) is 9.59 Å². The number of aromatic amines is 1. The normalized spacial score (nSPS) is 27.3. The quantitative estimate of drug-likeness (QED) is 0.323. The number of anilines is 1. The van der Waals surface area contributed by atoms with Gasteiger partial charge in [0.15, 0.2) is 5.78 Å². The number of thioether (sulfide) groups is 1. The van der Waals surface area contributed by atoms with E-state index in [4.69, 9.17) is 0 Å². The van der Waals surface area contributed by atoms with Gasteiger partial charge in [0.05, 0.1) is 5.92 Å². The van der Waals surface area contributed by atoms with E-state index in [0.717, 1.165) is 43.8 Å². The van der Waals surface area contributed by atoms with Gasteiger partial charge in [0.25, 0.3) is 0 Å². The van der Waals surface area contributed by atoms with E-state index in [2.05, 4.69) is 43.3 Å². The summed E-state index contributed by atoms with van der Waals surface area (Å²) in [5.41, 5.74) is 3.35. The minimum atomic E-state index is -1.04. The van der Waals surface area contributed by atoms with Crippen LogP contribution in [0, 0.1) is 5.92 Å². The van der Waals surface area contributed by atoms with E-state index < -0.39 is 11.5 Å². The highest BCUT2D eigenvalue weighted by Crippen LogP contribution is 2.61. The molecule has 4 aromatic rings. The minimum Gasteiger partial charge on any atom is -0.360 e. The number of carbonyl (C=O) groups excluding carboxylic acids is 2. The number of amides is 1. The van der Waals surface area contributed by atoms with E-state index in [1.165, 1.54) is 0 Å². The number of hydrogen-bond acceptors (Lipinski definition) is 4. The number of aromatic nitrogens is 1. The maximum atomic E-state index is 14.7. The predicted molar refractivity (Wildman–Crippen MR) is 143 cm³/mol. The van der Waals surface area contributed by atoms with E-state index in [0.29, 0.717) is 5.56 Å². The lowest BCUT2D eigenvalue weighted by atomic mass is 9.69. The van der Waals surface area contributed by atoms with E-state index in [1.807, 2.05) is 78.6 Å². The third-order valence-corrected chi connectivity index (χ3v) is 9.49. The molecule has 4 heterocycles. The molecule has 5 nitrogen and oxygen atoms in total. The third kappa shape index (κ3) is 2.86. The smallest absolute Gasteiger partial charge is 0.250 e. The molecule has 0 unspecified atom stereocenters. The zero-order chi connectivity index (χ0) is 23.7. The molecule has 4 atom stereocenters. The van der Waals surface area contributed by atoms with Crippen LogP contribution in [-0.2, 0) is 10.3 Å². The van der Waals surface area contributed by atoms with Gasteiger partial charge in [0.2, 0.25) is 5.91 Å². The number of carbonyl (C=O) groups is 2. The van der Waals surface area contributed by atoms with Crippen molar-refractivity contribution >= 4 is 56.0 Å². The summed E-state index contributed by atoms with van der Waals surface area (Å²) in [6.07, 6.45) is 1.82. The minimum absolute atomic E-state index is 0.0154. The van der Waals surface area contributed by atoms with Gasteiger partial charge in [0.1, 0.15) is 5.54 Å². The zero-order valence-corrected chi connectivity index (χ0v) is 21.1. The molecule has 2 saturated heterocycles. The van der Waals surface area contributed by atoms with Crippen molar-refractivity contribution in [3.8, 4) is 0 Å². The van der Waals surface area contributed by atoms with Crippen molar-refractivity contribution in [2.45, 2.75) is 17.5 Å². The van der Waals surface area contributed by atoms with Crippen LogP contribution in [0.2, 0.25) is 0 Å². The lowest BCUT2D eigenvalue weighted by Gasteiger charge is -2.36. The first-order valence-corrected chi connectivity index (χ1v) is 13.7. The molecular formula is C28H22BrN3O2S. The molecule has 0 aliphatic carbocycles. The standard InChI is InChI=1S/C28H22BrN3O2S/c29-17-11-9-16(10-12-17)24-23-14-35-15-32(23)28(20-6-2-4-8-22(20)31-27(28)34)25(24)26(33)19-13-30-21-7-3-1-5-18(19)21/h1-13,23-25,30H,14-15H2,(H,31,34)/t23-,24-,25-,28+/m0/s1. The van der Waals surface area contributed by atoms with Crippen LogP contribution < -0.4 is 5.32 Å². The zero-order valence-electron chi connectivity index (χ0n) is 18.7. The van der Waals surface area contributed by atoms with Gasteiger partial charge in [-0.1, -0.05) is 64.5 Å². The maximum absolute atomic E-state index is 14.7. The lowest BCUT2D eigenvalue weighted by molar-refractivity contribution is -0.127. The molecule has 35 heavy (non-hydrogen) atoms. The predicted octanol–water partition coefficient (Wildman–Crippen LogP) is 5.75. The van der Waals surface area contributed by atoms with Crippen molar-refractivity contribution < 1.29 is 9.59 Å². The van der Waals surface area contributed by atoms with Gasteiger partial charge in [-0.05, 0) is 29.8 Å². The molecule has 0 saturated carbocycles. The van der Waals surface area contributed by atoms with E-state index in [-0.39, 0.29) is 23.7 Å². The number of fused-ring (bicyclic) bond motifs is 5. The van der Waals surface area contributed by atoms with Crippen LogP contribution in [0.1, 0.15) is 27.4 Å². The van der Waals surface area contributed by atoms with E-state index >= 15 is 0 Å². The molecule has 0 bridgehead atoms. The highest BCUT2D eigenvalue weighted by atomic mass is 79.9. The summed E-state index contributed by atoms with van der Waals surface area (Å²) in [6, 6.07) is 24.1. The second kappa shape index (κ2) is 7.82. The van der Waals surface area contributed by atoms with Crippen LogP contribution in [0.15, 0.2) is 83.5 Å². The van der Waals surface area contributed by atoms with Crippen LogP contribution in [0.3, 0.4) is 0 Å². The Morgan fingerprint density at radius 1 is 1.03 bits per heavy atom. The molecule has 7 heteroatoms. The number of ketones is 1. The first kappa shape index (κ1) is 21.4. The average Bonchev–Trinajstić information content (AvgIpc) is 3.63. The number of nitrogens with zero attached hydrogens (tertiary/aromatic N) is 1. The number of rotatable bonds is 3. The maximum Gasteiger partial charge on any atom is 0.250 e. The topological polar surface area (TPSA) is 65.2 Å². The van der Waals surface area contributed by atoms with Crippen LogP contribution in [0.5, 0.6) is 0 Å². The molecule has 174 valence electrons. The van der Waals surface area contributed by atoms with Gasteiger partial charge in [-0.2, -0.15) is 0 Å². The van der Waals surface area contributed by atoms with Gasteiger partial charge < -0.3 is 10.3 Å². The molecule has 7 rings (SSSR count). The number of hydrogen-bond donors (Lipinski definition) is 2. The molecule has 1 spiro atoms. The first-order chi connectivity index (χ1) is 17.1. The van der Waals surface area contributed by atoms with Crippen molar-refractivity contribution in [1.82, 2.24) is 9.88 Å². The van der Waals surface area contributed by atoms with Crippen LogP contribution in [-0.4, -0.2) is 39.2 Å². The molecule has 2 fully saturated rings. The van der Waals surface area contributed by atoms with Gasteiger partial charge in [-0.25, -0.2) is 0 Å². The first-order valence-electron chi connectivity index (χ1n) is 11.7. The Morgan fingerprint density at radius 2 is 1.80 bits per heavy atom. The number of benzene rings is 3. The second-order valence-corrected chi connectivity index (χ2v) is 11.4. The van der Waals surface area contributed by atoms with Crippen molar-refractivity contribution in [2.75, 3.05) is 16.9 Å². The molecule has 2 N–H and O–H groups in total. The SMILES string of the molecule is O=C(c1c[nH]c2ccccc12)[C@@H]1[C@@H](c2ccc(Br)cc2)[C@@H]2CSCN2[C@@]12C(=O)Nc1ccccc12. The Morgan fingerprint density at radius 3 is 2.66 bits per heavy atom. The average molecular weight is 544 g/mol. The largest absolute Gasteiger partial charge is 0.360 e. The fourth-order valence-corrected chi connectivity index (χ4v) is 8.12. The van der Waals surface area contributed by atoms with Crippen LogP contribution in [0.4, 0.5) is 5.69 Å². The van der Waals surface area contributed by atoms with Gasteiger partial charge in [-0.3, -0.25) is 14.5 Å². The molecule has 1 aromatic heterocycles. The number of para-hydroxylation sites is 2. The Labute approximate surface area is 215 Å². The fraction of sp³-hybridized carbons (Fsp3) is 0.214. The number of Topliss-reactive ketones (excluding diaryl/α,β-unsaturated/α-hetero) is 1. The van der Waals surface area contributed by atoms with Crippen molar-refractivity contribution in [3.05, 3.63) is 100 Å². The van der Waals surface area contributed by atoms with Gasteiger partial charge in [-0.15, -0.1) is 11.8 Å². The third-order valence-electron chi connectivity index (χ3n) is 7.92. The lowest BCUT2D eigenvalue weighted by Crippen LogP contribution is -2.52. The molecular weight excluding hydrogens is 522 g/mol. The van der Waals surface area contributed by atoms with Crippen molar-refractivity contribution in [3.63, 3.8) is 0 Å². The number of H-pyrrole nitrogens is 1. The molecule has 3 aliphatic heterocycles. The Balaban J connectivity index is 1.50. The van der Waals surface area contributed by atoms with Crippen LogP contribution in [0.25, 0.3) is 10.9 Å². The highest BCUT2D eigenvalue weighted by Gasteiger charge is 2.69.